The molecule has 2 atom stereocenters. The highest BCUT2D eigenvalue weighted by atomic mass is 32.1. The number of aromatic nitrogens is 2. The number of ether oxygens (including phenoxy) is 2. The van der Waals surface area contributed by atoms with Crippen molar-refractivity contribution in [2.45, 2.75) is 65.5 Å². The third-order valence-corrected chi connectivity index (χ3v) is 6.40. The van der Waals surface area contributed by atoms with E-state index in [1.807, 2.05) is 13.8 Å². The van der Waals surface area contributed by atoms with E-state index in [-0.39, 0.29) is 18.2 Å². The molecule has 1 N–H and O–H groups in total. The first-order valence-electron chi connectivity index (χ1n) is 10.9. The normalized spacial score (nSPS) is 20.9. The van der Waals surface area contributed by atoms with Crippen LogP contribution in [0.25, 0.3) is 0 Å². The SMILES string of the molecule is COC(=O)C1(Cc2nc(Nc3ncc(C)s3)ccc2F)CCN(C(=O)OC(C)(C)C)C(C)C1. The van der Waals surface area contributed by atoms with Gasteiger partial charge in [-0.25, -0.2) is 19.2 Å². The number of thiazole rings is 1. The lowest BCUT2D eigenvalue weighted by Crippen LogP contribution is -2.53. The fourth-order valence-corrected chi connectivity index (χ4v) is 4.75. The number of nitrogens with one attached hydrogen (secondary N) is 1. The molecule has 8 nitrogen and oxygen atoms in total. The zero-order valence-electron chi connectivity index (χ0n) is 19.9. The summed E-state index contributed by atoms with van der Waals surface area (Å²) >= 11 is 1.46. The van der Waals surface area contributed by atoms with Crippen molar-refractivity contribution in [3.8, 4) is 0 Å². The van der Waals surface area contributed by atoms with E-state index in [1.54, 1.807) is 31.9 Å². The van der Waals surface area contributed by atoms with E-state index >= 15 is 0 Å². The van der Waals surface area contributed by atoms with Crippen LogP contribution in [0, 0.1) is 18.2 Å². The molecule has 0 bridgehead atoms. The van der Waals surface area contributed by atoms with Gasteiger partial charge in [-0.3, -0.25) is 4.79 Å². The van der Waals surface area contributed by atoms with Gasteiger partial charge in [0.05, 0.1) is 18.2 Å². The number of esters is 1. The van der Waals surface area contributed by atoms with Crippen molar-refractivity contribution >= 4 is 34.3 Å². The van der Waals surface area contributed by atoms with Crippen molar-refractivity contribution < 1.29 is 23.5 Å². The maximum atomic E-state index is 14.8. The van der Waals surface area contributed by atoms with Crippen molar-refractivity contribution in [3.05, 3.63) is 34.7 Å². The Morgan fingerprint density at radius 2 is 2.09 bits per heavy atom. The Morgan fingerprint density at radius 3 is 2.67 bits per heavy atom. The number of carbonyl (C=O) groups is 2. The van der Waals surface area contributed by atoms with Gasteiger partial charge in [0.15, 0.2) is 5.13 Å². The number of nitrogens with zero attached hydrogens (tertiary/aromatic N) is 3. The van der Waals surface area contributed by atoms with Crippen LogP contribution in [0.4, 0.5) is 20.1 Å². The average molecular weight is 479 g/mol. The number of hydrogen-bond donors (Lipinski definition) is 1. The monoisotopic (exact) mass is 478 g/mol. The van der Waals surface area contributed by atoms with Crippen LogP contribution in [0.2, 0.25) is 0 Å². The third kappa shape index (κ3) is 5.98. The second-order valence-corrected chi connectivity index (χ2v) is 10.7. The molecule has 1 aliphatic rings. The molecule has 2 aromatic heterocycles. The number of piperidine rings is 1. The molecular weight excluding hydrogens is 447 g/mol. The van der Waals surface area contributed by atoms with Gasteiger partial charge in [0.1, 0.15) is 17.2 Å². The number of halogens is 1. The molecule has 0 saturated carbocycles. The van der Waals surface area contributed by atoms with Gasteiger partial charge in [0.2, 0.25) is 0 Å². The first kappa shape index (κ1) is 24.9. The summed E-state index contributed by atoms with van der Waals surface area (Å²) < 4.78 is 25.4. The zero-order valence-corrected chi connectivity index (χ0v) is 20.7. The second kappa shape index (κ2) is 9.62. The molecule has 1 amide bonds. The van der Waals surface area contributed by atoms with Crippen molar-refractivity contribution in [3.63, 3.8) is 0 Å². The van der Waals surface area contributed by atoms with Crippen LogP contribution in [0.5, 0.6) is 0 Å². The summed E-state index contributed by atoms with van der Waals surface area (Å²) in [5.74, 6) is -0.491. The highest BCUT2D eigenvalue weighted by Crippen LogP contribution is 2.40. The van der Waals surface area contributed by atoms with Crippen molar-refractivity contribution in [1.29, 1.82) is 0 Å². The molecular formula is C23H31FN4O4S. The minimum absolute atomic E-state index is 0.0599. The molecule has 0 aromatic carbocycles. The van der Waals surface area contributed by atoms with E-state index in [2.05, 4.69) is 15.3 Å². The number of aryl methyl sites for hydroxylation is 1. The Morgan fingerprint density at radius 1 is 1.36 bits per heavy atom. The van der Waals surface area contributed by atoms with E-state index in [0.29, 0.717) is 30.3 Å². The molecule has 1 aliphatic heterocycles. The maximum absolute atomic E-state index is 14.8. The van der Waals surface area contributed by atoms with Crippen molar-refractivity contribution in [2.75, 3.05) is 19.0 Å². The number of amides is 1. The van der Waals surface area contributed by atoms with E-state index in [4.69, 9.17) is 9.47 Å². The van der Waals surface area contributed by atoms with E-state index in [1.165, 1.54) is 30.6 Å². The molecule has 10 heteroatoms. The number of methoxy groups -OCH3 is 1. The van der Waals surface area contributed by atoms with Crippen molar-refractivity contribution in [2.24, 2.45) is 5.41 Å². The van der Waals surface area contributed by atoms with Gasteiger partial charge >= 0.3 is 12.1 Å². The standard InChI is InChI=1S/C23H31FN4O4S/c1-14-11-23(19(29)31-6,9-10-28(14)21(30)32-22(3,4)5)12-17-16(24)7-8-18(26-17)27-20-25-13-15(2)33-20/h7-8,13-14H,9-12H2,1-6H3,(H,25,26,27). The lowest BCUT2D eigenvalue weighted by molar-refractivity contribution is -0.157. The van der Waals surface area contributed by atoms with E-state index in [9.17, 15) is 14.0 Å². The van der Waals surface area contributed by atoms with Crippen LogP contribution in [0.1, 0.15) is 51.1 Å². The van der Waals surface area contributed by atoms with E-state index < -0.39 is 28.9 Å². The highest BCUT2D eigenvalue weighted by molar-refractivity contribution is 7.15. The lowest BCUT2D eigenvalue weighted by atomic mass is 9.72. The minimum atomic E-state index is -1.00. The molecule has 3 rings (SSSR count). The molecule has 0 aliphatic carbocycles. The molecule has 2 unspecified atom stereocenters. The van der Waals surface area contributed by atoms with Gasteiger partial charge in [0.25, 0.3) is 0 Å². The molecule has 2 aromatic rings. The predicted molar refractivity (Wildman–Crippen MR) is 124 cm³/mol. The summed E-state index contributed by atoms with van der Waals surface area (Å²) in [7, 11) is 1.32. The van der Waals surface area contributed by atoms with Crippen molar-refractivity contribution in [1.82, 2.24) is 14.9 Å². The van der Waals surface area contributed by atoms with Crippen LogP contribution >= 0.6 is 11.3 Å². The minimum Gasteiger partial charge on any atom is -0.469 e. The summed E-state index contributed by atoms with van der Waals surface area (Å²) in [4.78, 5) is 36.8. The Kier molecular flexibility index (Phi) is 7.26. The topological polar surface area (TPSA) is 93.6 Å². The van der Waals surface area contributed by atoms with Gasteiger partial charge in [-0.05, 0) is 59.6 Å². The third-order valence-electron chi connectivity index (χ3n) is 5.58. The van der Waals surface area contributed by atoms with Gasteiger partial charge in [-0.1, -0.05) is 0 Å². The predicted octanol–water partition coefficient (Wildman–Crippen LogP) is 4.85. The van der Waals surface area contributed by atoms with Crippen LogP contribution < -0.4 is 5.32 Å². The lowest BCUT2D eigenvalue weighted by Gasteiger charge is -2.43. The first-order valence-corrected chi connectivity index (χ1v) is 11.7. The quantitative estimate of drug-likeness (QED) is 0.614. The molecule has 1 fully saturated rings. The Bertz CT molecular complexity index is 1020. The summed E-state index contributed by atoms with van der Waals surface area (Å²) in [5.41, 5.74) is -1.46. The summed E-state index contributed by atoms with van der Waals surface area (Å²) in [6, 6.07) is 2.57. The number of hydrogen-bond acceptors (Lipinski definition) is 8. The second-order valence-electron chi connectivity index (χ2n) is 9.45. The zero-order chi connectivity index (χ0) is 24.4. The van der Waals surface area contributed by atoms with E-state index in [0.717, 1.165) is 4.88 Å². The van der Waals surface area contributed by atoms with Crippen LogP contribution in [0.3, 0.4) is 0 Å². The van der Waals surface area contributed by atoms with Crippen LogP contribution in [-0.4, -0.2) is 52.2 Å². The Balaban J connectivity index is 1.82. The number of rotatable bonds is 5. The molecule has 0 spiro atoms. The summed E-state index contributed by atoms with van der Waals surface area (Å²) in [5, 5.41) is 3.73. The Hall–Kier alpha value is -2.75. The van der Waals surface area contributed by atoms with Gasteiger partial charge in [-0.15, -0.1) is 11.3 Å². The Labute approximate surface area is 197 Å². The smallest absolute Gasteiger partial charge is 0.410 e. The van der Waals surface area contributed by atoms with Gasteiger partial charge in [-0.2, -0.15) is 0 Å². The molecule has 33 heavy (non-hydrogen) atoms. The van der Waals surface area contributed by atoms with Gasteiger partial charge in [0, 0.05) is 30.1 Å². The fraction of sp³-hybridized carbons (Fsp3) is 0.565. The molecule has 3 heterocycles. The number of likely N-dealkylation sites (tertiary alicyclic amines) is 1. The summed E-state index contributed by atoms with van der Waals surface area (Å²) in [6.07, 6.45) is 1.99. The number of anilines is 2. The number of carbonyl (C=O) groups excluding carboxylic acids is 2. The van der Waals surface area contributed by atoms with Crippen LogP contribution in [0.15, 0.2) is 18.3 Å². The molecule has 1 saturated heterocycles. The van der Waals surface area contributed by atoms with Gasteiger partial charge < -0.3 is 19.7 Å². The van der Waals surface area contributed by atoms with Crippen LogP contribution in [-0.2, 0) is 20.7 Å². The molecule has 0 radical (unpaired) electrons. The largest absolute Gasteiger partial charge is 0.469 e. The first-order chi connectivity index (χ1) is 15.4. The fourth-order valence-electron chi connectivity index (χ4n) is 4.08. The number of pyridine rings is 1. The highest BCUT2D eigenvalue weighted by Gasteiger charge is 2.47. The average Bonchev–Trinajstić information content (AvgIpc) is 3.13. The summed E-state index contributed by atoms with van der Waals surface area (Å²) in [6.45, 7) is 9.51. The molecule has 180 valence electrons. The maximum Gasteiger partial charge on any atom is 0.410 e.